The van der Waals surface area contributed by atoms with Crippen molar-refractivity contribution in [3.05, 3.63) is 71.7 Å². The SMILES string of the molecule is N[C@H]1CN(c2nccc3ccccc23)CC[C@@H]1c1cc(F)c(F)cc1F. The van der Waals surface area contributed by atoms with E-state index in [9.17, 15) is 13.2 Å². The lowest BCUT2D eigenvalue weighted by atomic mass is 9.85. The second-order valence-electron chi connectivity index (χ2n) is 6.65. The lowest BCUT2D eigenvalue weighted by Crippen LogP contribution is -2.48. The highest BCUT2D eigenvalue weighted by Crippen LogP contribution is 2.33. The number of piperidine rings is 1. The van der Waals surface area contributed by atoms with Gasteiger partial charge in [-0.2, -0.15) is 0 Å². The van der Waals surface area contributed by atoms with Crippen molar-refractivity contribution in [2.75, 3.05) is 18.0 Å². The van der Waals surface area contributed by atoms with Crippen molar-refractivity contribution in [1.82, 2.24) is 4.98 Å². The molecule has 2 aromatic carbocycles. The predicted octanol–water partition coefficient (Wildman–Crippen LogP) is 3.97. The summed E-state index contributed by atoms with van der Waals surface area (Å²) in [6.07, 6.45) is 2.29. The lowest BCUT2D eigenvalue weighted by molar-refractivity contribution is 0.416. The molecular weight excluding hydrogens is 339 g/mol. The van der Waals surface area contributed by atoms with Crippen LogP contribution < -0.4 is 10.6 Å². The third-order valence-corrected chi connectivity index (χ3v) is 5.05. The minimum Gasteiger partial charge on any atom is -0.355 e. The number of rotatable bonds is 2. The van der Waals surface area contributed by atoms with E-state index in [1.165, 1.54) is 0 Å². The van der Waals surface area contributed by atoms with Crippen LogP contribution in [0.4, 0.5) is 19.0 Å². The van der Waals surface area contributed by atoms with Crippen LogP contribution in [0.2, 0.25) is 0 Å². The molecule has 0 bridgehead atoms. The zero-order valence-corrected chi connectivity index (χ0v) is 14.0. The molecule has 2 N–H and O–H groups in total. The Kier molecular flexibility index (Phi) is 4.28. The van der Waals surface area contributed by atoms with E-state index in [0.717, 1.165) is 22.7 Å². The monoisotopic (exact) mass is 357 g/mol. The second-order valence-corrected chi connectivity index (χ2v) is 6.65. The first-order valence-electron chi connectivity index (χ1n) is 8.53. The molecule has 1 aliphatic rings. The van der Waals surface area contributed by atoms with Gasteiger partial charge in [0.15, 0.2) is 11.6 Å². The molecule has 6 heteroatoms. The zero-order chi connectivity index (χ0) is 18.3. The summed E-state index contributed by atoms with van der Waals surface area (Å²) in [7, 11) is 0. The number of hydrogen-bond acceptors (Lipinski definition) is 3. The first kappa shape index (κ1) is 16.8. The largest absolute Gasteiger partial charge is 0.355 e. The van der Waals surface area contributed by atoms with Gasteiger partial charge in [-0.3, -0.25) is 0 Å². The van der Waals surface area contributed by atoms with Crippen LogP contribution in [0.25, 0.3) is 10.8 Å². The van der Waals surface area contributed by atoms with E-state index < -0.39 is 23.5 Å². The molecule has 0 saturated carbocycles. The van der Waals surface area contributed by atoms with Crippen LogP contribution in [0, 0.1) is 17.5 Å². The van der Waals surface area contributed by atoms with E-state index >= 15 is 0 Å². The Hall–Kier alpha value is -2.60. The van der Waals surface area contributed by atoms with Crippen LogP contribution in [-0.4, -0.2) is 24.1 Å². The molecule has 1 saturated heterocycles. The van der Waals surface area contributed by atoms with Gasteiger partial charge in [0.2, 0.25) is 0 Å². The number of pyridine rings is 1. The van der Waals surface area contributed by atoms with Crippen molar-refractivity contribution in [2.24, 2.45) is 5.73 Å². The summed E-state index contributed by atoms with van der Waals surface area (Å²) >= 11 is 0. The van der Waals surface area contributed by atoms with Gasteiger partial charge in [0, 0.05) is 42.7 Å². The van der Waals surface area contributed by atoms with Crippen molar-refractivity contribution in [1.29, 1.82) is 0 Å². The molecule has 2 atom stereocenters. The summed E-state index contributed by atoms with van der Waals surface area (Å²) in [5, 5.41) is 2.11. The van der Waals surface area contributed by atoms with Crippen molar-refractivity contribution in [3.8, 4) is 0 Å². The number of anilines is 1. The van der Waals surface area contributed by atoms with Crippen LogP contribution in [0.5, 0.6) is 0 Å². The van der Waals surface area contributed by atoms with E-state index in [2.05, 4.69) is 9.88 Å². The predicted molar refractivity (Wildman–Crippen MR) is 95.6 cm³/mol. The Bertz CT molecular complexity index is 955. The summed E-state index contributed by atoms with van der Waals surface area (Å²) < 4.78 is 40.9. The highest BCUT2D eigenvalue weighted by molar-refractivity contribution is 5.92. The number of halogens is 3. The van der Waals surface area contributed by atoms with Crippen molar-refractivity contribution >= 4 is 16.6 Å². The molecule has 1 aliphatic heterocycles. The summed E-state index contributed by atoms with van der Waals surface area (Å²) in [4.78, 5) is 6.56. The molecule has 134 valence electrons. The first-order valence-corrected chi connectivity index (χ1v) is 8.53. The number of nitrogens with zero attached hydrogens (tertiary/aromatic N) is 2. The molecule has 4 rings (SSSR count). The first-order chi connectivity index (χ1) is 12.5. The molecular formula is C20H18F3N3. The minimum absolute atomic E-state index is 0.141. The van der Waals surface area contributed by atoms with Gasteiger partial charge in [0.1, 0.15) is 11.6 Å². The minimum atomic E-state index is -1.18. The smallest absolute Gasteiger partial charge is 0.161 e. The maximum absolute atomic E-state index is 14.1. The van der Waals surface area contributed by atoms with Crippen molar-refractivity contribution < 1.29 is 13.2 Å². The Balaban J connectivity index is 1.62. The summed E-state index contributed by atoms with van der Waals surface area (Å²) in [6.45, 7) is 1.07. The number of nitrogens with two attached hydrogens (primary N) is 1. The van der Waals surface area contributed by atoms with Gasteiger partial charge in [-0.15, -0.1) is 0 Å². The standard InChI is InChI=1S/C20H18F3N3/c21-16-10-18(23)17(22)9-15(16)14-6-8-26(11-19(14)24)20-13-4-2-1-3-12(13)5-7-25-20/h1-5,7,9-10,14,19H,6,8,11,24H2/t14-,19+/m1/s1. The lowest BCUT2D eigenvalue weighted by Gasteiger charge is -2.38. The molecule has 1 aromatic heterocycles. The molecule has 0 amide bonds. The Morgan fingerprint density at radius 2 is 1.77 bits per heavy atom. The van der Waals surface area contributed by atoms with Crippen LogP contribution in [0.3, 0.4) is 0 Å². The van der Waals surface area contributed by atoms with E-state index in [0.29, 0.717) is 25.6 Å². The maximum atomic E-state index is 14.1. The van der Waals surface area contributed by atoms with E-state index in [-0.39, 0.29) is 11.5 Å². The fourth-order valence-electron chi connectivity index (χ4n) is 3.74. The summed E-state index contributed by atoms with van der Waals surface area (Å²) in [6, 6.07) is 11.0. The highest BCUT2D eigenvalue weighted by Gasteiger charge is 2.31. The van der Waals surface area contributed by atoms with E-state index in [4.69, 9.17) is 5.73 Å². The zero-order valence-electron chi connectivity index (χ0n) is 14.0. The third-order valence-electron chi connectivity index (χ3n) is 5.05. The summed E-state index contributed by atoms with van der Waals surface area (Å²) in [5.41, 5.74) is 6.43. The highest BCUT2D eigenvalue weighted by atomic mass is 19.2. The number of benzene rings is 2. The van der Waals surface area contributed by atoms with Gasteiger partial charge in [0.25, 0.3) is 0 Å². The normalized spacial score (nSPS) is 20.5. The number of aromatic nitrogens is 1. The number of hydrogen-bond donors (Lipinski definition) is 1. The topological polar surface area (TPSA) is 42.1 Å². The molecule has 0 spiro atoms. The molecule has 26 heavy (non-hydrogen) atoms. The fourth-order valence-corrected chi connectivity index (χ4v) is 3.74. The van der Waals surface area contributed by atoms with Crippen molar-refractivity contribution in [3.63, 3.8) is 0 Å². The van der Waals surface area contributed by atoms with Gasteiger partial charge in [-0.1, -0.05) is 24.3 Å². The van der Waals surface area contributed by atoms with Gasteiger partial charge < -0.3 is 10.6 Å². The molecule has 3 nitrogen and oxygen atoms in total. The fraction of sp³-hybridized carbons (Fsp3) is 0.250. The average molecular weight is 357 g/mol. The Morgan fingerprint density at radius 1 is 1.00 bits per heavy atom. The van der Waals surface area contributed by atoms with Crippen LogP contribution in [-0.2, 0) is 0 Å². The molecule has 0 aliphatic carbocycles. The van der Waals surface area contributed by atoms with Crippen LogP contribution >= 0.6 is 0 Å². The quantitative estimate of drug-likeness (QED) is 0.706. The van der Waals surface area contributed by atoms with Gasteiger partial charge in [-0.05, 0) is 29.5 Å². The molecule has 2 heterocycles. The molecule has 1 fully saturated rings. The van der Waals surface area contributed by atoms with E-state index in [1.807, 2.05) is 30.3 Å². The molecule has 0 radical (unpaired) electrons. The van der Waals surface area contributed by atoms with Gasteiger partial charge >= 0.3 is 0 Å². The Labute approximate surface area is 149 Å². The second kappa shape index (κ2) is 6.61. The maximum Gasteiger partial charge on any atom is 0.161 e. The molecule has 3 aromatic rings. The van der Waals surface area contributed by atoms with Crippen LogP contribution in [0.15, 0.2) is 48.7 Å². The van der Waals surface area contributed by atoms with Gasteiger partial charge in [-0.25, -0.2) is 18.2 Å². The average Bonchev–Trinajstić information content (AvgIpc) is 2.64. The van der Waals surface area contributed by atoms with Crippen LogP contribution in [0.1, 0.15) is 17.9 Å². The van der Waals surface area contributed by atoms with Crippen molar-refractivity contribution in [2.45, 2.75) is 18.4 Å². The molecule has 0 unspecified atom stereocenters. The summed E-state index contributed by atoms with van der Waals surface area (Å²) in [5.74, 6) is -2.51. The van der Waals surface area contributed by atoms with E-state index in [1.54, 1.807) is 6.20 Å². The third kappa shape index (κ3) is 2.90. The van der Waals surface area contributed by atoms with Gasteiger partial charge in [0.05, 0.1) is 0 Å². The number of fused-ring (bicyclic) bond motifs is 1. The Morgan fingerprint density at radius 3 is 2.58 bits per heavy atom.